The van der Waals surface area contributed by atoms with E-state index in [4.69, 9.17) is 0 Å². The minimum Gasteiger partial charge on any atom is -0.389 e. The van der Waals surface area contributed by atoms with E-state index in [1.807, 2.05) is 0 Å². The fraction of sp³-hybridized carbons (Fsp3) is 0.308. The monoisotopic (exact) mass is 261 g/mol. The number of hydrogen-bond acceptors (Lipinski definition) is 5. The van der Waals surface area contributed by atoms with Gasteiger partial charge in [-0.1, -0.05) is 0 Å². The maximum atomic E-state index is 10.9. The van der Waals surface area contributed by atoms with E-state index in [1.165, 1.54) is 12.3 Å². The van der Waals surface area contributed by atoms with Gasteiger partial charge in [-0.05, 0) is 32.0 Å². The molecule has 0 saturated heterocycles. The predicted molar refractivity (Wildman–Crippen MR) is 73.2 cm³/mol. The van der Waals surface area contributed by atoms with Crippen molar-refractivity contribution in [3.8, 4) is 0 Å². The molecule has 6 heteroatoms. The molecule has 1 aromatic carbocycles. The van der Waals surface area contributed by atoms with Gasteiger partial charge in [0.05, 0.1) is 10.5 Å². The molecule has 100 valence electrons. The highest BCUT2D eigenvalue weighted by molar-refractivity contribution is 5.96. The average molecular weight is 261 g/mol. The third-order valence-corrected chi connectivity index (χ3v) is 2.66. The summed E-state index contributed by atoms with van der Waals surface area (Å²) in [4.78, 5) is 14.6. The van der Waals surface area contributed by atoms with Crippen molar-refractivity contribution in [3.63, 3.8) is 0 Å². The Hall–Kier alpha value is -2.21. The number of non-ortho nitro benzene ring substituents is 1. The van der Waals surface area contributed by atoms with Gasteiger partial charge in [0.25, 0.3) is 5.69 Å². The number of aliphatic hydroxyl groups is 1. The first-order valence-electron chi connectivity index (χ1n) is 5.87. The molecule has 6 nitrogen and oxygen atoms in total. The maximum Gasteiger partial charge on any atom is 0.295 e. The molecule has 0 unspecified atom stereocenters. The summed E-state index contributed by atoms with van der Waals surface area (Å²) < 4.78 is 0. The Bertz CT molecular complexity index is 620. The number of benzene rings is 1. The molecular weight excluding hydrogens is 246 g/mol. The molecule has 0 atom stereocenters. The molecule has 2 rings (SSSR count). The molecule has 19 heavy (non-hydrogen) atoms. The lowest BCUT2D eigenvalue weighted by molar-refractivity contribution is -0.383. The van der Waals surface area contributed by atoms with Crippen LogP contribution in [0.5, 0.6) is 0 Å². The molecule has 0 fully saturated rings. The van der Waals surface area contributed by atoms with Crippen molar-refractivity contribution in [2.24, 2.45) is 0 Å². The molecule has 0 bridgehead atoms. The molecule has 0 aliphatic rings. The zero-order valence-corrected chi connectivity index (χ0v) is 10.8. The predicted octanol–water partition coefficient (Wildman–Crippen LogP) is 2.33. The minimum atomic E-state index is -0.865. The lowest BCUT2D eigenvalue weighted by Gasteiger charge is -2.19. The van der Waals surface area contributed by atoms with Crippen LogP contribution < -0.4 is 5.32 Å². The summed E-state index contributed by atoms with van der Waals surface area (Å²) in [5.41, 5.74) is 0.171. The van der Waals surface area contributed by atoms with Crippen LogP contribution in [-0.2, 0) is 0 Å². The Labute approximate surface area is 110 Å². The number of rotatable bonds is 4. The number of anilines is 1. The van der Waals surface area contributed by atoms with Gasteiger partial charge in [-0.3, -0.25) is 10.1 Å². The number of nitrogens with zero attached hydrogens (tertiary/aromatic N) is 2. The van der Waals surface area contributed by atoms with Crippen LogP contribution in [0.4, 0.5) is 11.4 Å². The van der Waals surface area contributed by atoms with Crippen LogP contribution in [0.2, 0.25) is 0 Å². The van der Waals surface area contributed by atoms with Crippen LogP contribution >= 0.6 is 0 Å². The Morgan fingerprint density at radius 2 is 2.16 bits per heavy atom. The second-order valence-corrected chi connectivity index (χ2v) is 4.95. The topological polar surface area (TPSA) is 88.3 Å². The molecule has 2 aromatic rings. The zero-order valence-electron chi connectivity index (χ0n) is 10.8. The number of fused-ring (bicyclic) bond motifs is 1. The van der Waals surface area contributed by atoms with Crippen molar-refractivity contribution in [1.29, 1.82) is 0 Å². The van der Waals surface area contributed by atoms with Crippen molar-refractivity contribution >= 4 is 22.3 Å². The standard InChI is InChI=1S/C13H15N3O3/c1-13(2,17)8-15-10-5-6-11(16(18)19)12-9(10)4-3-7-14-12/h3-7,15,17H,8H2,1-2H3. The zero-order chi connectivity index (χ0) is 14.0. The van der Waals surface area contributed by atoms with Crippen LogP contribution in [0.25, 0.3) is 10.9 Å². The van der Waals surface area contributed by atoms with Crippen molar-refractivity contribution in [2.45, 2.75) is 19.4 Å². The van der Waals surface area contributed by atoms with Gasteiger partial charge in [0.2, 0.25) is 0 Å². The van der Waals surface area contributed by atoms with Gasteiger partial charge in [-0.15, -0.1) is 0 Å². The number of aromatic nitrogens is 1. The van der Waals surface area contributed by atoms with E-state index in [2.05, 4.69) is 10.3 Å². The first kappa shape index (κ1) is 13.2. The van der Waals surface area contributed by atoms with Crippen molar-refractivity contribution in [1.82, 2.24) is 4.98 Å². The number of nitrogens with one attached hydrogen (secondary N) is 1. The summed E-state index contributed by atoms with van der Waals surface area (Å²) in [7, 11) is 0. The fourth-order valence-electron chi connectivity index (χ4n) is 1.77. The highest BCUT2D eigenvalue weighted by atomic mass is 16.6. The molecule has 0 spiro atoms. The summed E-state index contributed by atoms with van der Waals surface area (Å²) in [5.74, 6) is 0. The van der Waals surface area contributed by atoms with Gasteiger partial charge in [-0.25, -0.2) is 4.98 Å². The van der Waals surface area contributed by atoms with E-state index < -0.39 is 10.5 Å². The molecule has 1 aromatic heterocycles. The first-order chi connectivity index (χ1) is 8.88. The average Bonchev–Trinajstić information content (AvgIpc) is 2.34. The van der Waals surface area contributed by atoms with E-state index in [-0.39, 0.29) is 5.69 Å². The van der Waals surface area contributed by atoms with Crippen molar-refractivity contribution in [3.05, 3.63) is 40.6 Å². The number of nitro benzene ring substituents is 1. The SMILES string of the molecule is CC(C)(O)CNc1ccc([N+](=O)[O-])c2ncccc12. The van der Waals surface area contributed by atoms with Crippen LogP contribution in [0.3, 0.4) is 0 Å². The van der Waals surface area contributed by atoms with Crippen LogP contribution in [0.1, 0.15) is 13.8 Å². The van der Waals surface area contributed by atoms with Gasteiger partial charge in [0.15, 0.2) is 0 Å². The molecule has 2 N–H and O–H groups in total. The van der Waals surface area contributed by atoms with Gasteiger partial charge < -0.3 is 10.4 Å². The largest absolute Gasteiger partial charge is 0.389 e. The van der Waals surface area contributed by atoms with Crippen molar-refractivity contribution < 1.29 is 10.0 Å². The van der Waals surface area contributed by atoms with E-state index in [1.54, 1.807) is 32.0 Å². The second kappa shape index (κ2) is 4.81. The Morgan fingerprint density at radius 3 is 2.79 bits per heavy atom. The molecule has 0 radical (unpaired) electrons. The highest BCUT2D eigenvalue weighted by Crippen LogP contribution is 2.29. The third-order valence-electron chi connectivity index (χ3n) is 2.66. The molecular formula is C13H15N3O3. The van der Waals surface area contributed by atoms with Gasteiger partial charge in [0, 0.05) is 29.9 Å². The van der Waals surface area contributed by atoms with E-state index in [0.29, 0.717) is 17.4 Å². The first-order valence-corrected chi connectivity index (χ1v) is 5.87. The molecule has 1 heterocycles. The fourth-order valence-corrected chi connectivity index (χ4v) is 1.77. The summed E-state index contributed by atoms with van der Waals surface area (Å²) in [6.07, 6.45) is 1.52. The highest BCUT2D eigenvalue weighted by Gasteiger charge is 2.17. The Kier molecular flexibility index (Phi) is 3.35. The number of hydrogen-bond donors (Lipinski definition) is 2. The van der Waals surface area contributed by atoms with E-state index in [9.17, 15) is 15.2 Å². The van der Waals surface area contributed by atoms with Gasteiger partial charge in [0.1, 0.15) is 5.52 Å². The number of pyridine rings is 1. The summed E-state index contributed by atoms with van der Waals surface area (Å²) >= 11 is 0. The quantitative estimate of drug-likeness (QED) is 0.651. The maximum absolute atomic E-state index is 10.9. The van der Waals surface area contributed by atoms with Gasteiger partial charge >= 0.3 is 0 Å². The lowest BCUT2D eigenvalue weighted by Crippen LogP contribution is -2.29. The molecule has 0 aliphatic heterocycles. The van der Waals surface area contributed by atoms with Crippen LogP contribution in [-0.4, -0.2) is 27.2 Å². The molecule has 0 aliphatic carbocycles. The van der Waals surface area contributed by atoms with E-state index in [0.717, 1.165) is 5.69 Å². The Balaban J connectivity index is 2.47. The van der Waals surface area contributed by atoms with Crippen molar-refractivity contribution in [2.75, 3.05) is 11.9 Å². The molecule has 0 saturated carbocycles. The summed E-state index contributed by atoms with van der Waals surface area (Å²) in [6, 6.07) is 6.54. The normalized spacial score (nSPS) is 11.5. The van der Waals surface area contributed by atoms with E-state index >= 15 is 0 Å². The van der Waals surface area contributed by atoms with Gasteiger partial charge in [-0.2, -0.15) is 0 Å². The smallest absolute Gasteiger partial charge is 0.295 e. The lowest BCUT2D eigenvalue weighted by atomic mass is 10.1. The Morgan fingerprint density at radius 1 is 1.42 bits per heavy atom. The summed E-state index contributed by atoms with van der Waals surface area (Å²) in [5, 5.41) is 24.4. The second-order valence-electron chi connectivity index (χ2n) is 4.95. The van der Waals surface area contributed by atoms with Crippen LogP contribution in [0.15, 0.2) is 30.5 Å². The third kappa shape index (κ3) is 2.97. The van der Waals surface area contributed by atoms with Crippen LogP contribution in [0, 0.1) is 10.1 Å². The number of nitro groups is 1. The molecule has 0 amide bonds. The minimum absolute atomic E-state index is 0.0237. The summed E-state index contributed by atoms with van der Waals surface area (Å²) in [6.45, 7) is 3.71.